The van der Waals surface area contributed by atoms with E-state index in [0.717, 1.165) is 0 Å². The summed E-state index contributed by atoms with van der Waals surface area (Å²) in [7, 11) is 0. The molecular weight excluding hydrogens is 608 g/mol. The van der Waals surface area contributed by atoms with Crippen molar-refractivity contribution in [1.29, 1.82) is 0 Å². The maximum atomic E-state index is 14.7. The van der Waals surface area contributed by atoms with E-state index >= 15 is 0 Å². The van der Waals surface area contributed by atoms with Crippen molar-refractivity contribution in [2.75, 3.05) is 6.61 Å². The maximum Gasteiger partial charge on any atom is 0.335 e. The maximum absolute atomic E-state index is 14.7. The lowest BCUT2D eigenvalue weighted by molar-refractivity contribution is -0.328. The lowest BCUT2D eigenvalue weighted by Crippen LogP contribution is -2.71. The van der Waals surface area contributed by atoms with Gasteiger partial charge in [-0.2, -0.15) is 0 Å². The molecule has 6 rings (SSSR count). The molecule has 1 aromatic heterocycles. The van der Waals surface area contributed by atoms with E-state index in [1.54, 1.807) is 33.8 Å². The average Bonchev–Trinajstić information content (AvgIpc) is 3.56. The van der Waals surface area contributed by atoms with Crippen LogP contribution in [0.15, 0.2) is 23.0 Å². The molecule has 1 spiro atoms. The van der Waals surface area contributed by atoms with Crippen LogP contribution >= 0.6 is 0 Å². The molecule has 46 heavy (non-hydrogen) atoms. The first-order valence-corrected chi connectivity index (χ1v) is 15.7. The summed E-state index contributed by atoms with van der Waals surface area (Å²) in [4.78, 5) is 40.2. The summed E-state index contributed by atoms with van der Waals surface area (Å²) < 4.78 is 29.5. The summed E-state index contributed by atoms with van der Waals surface area (Å²) >= 11 is 0. The average molecular weight is 653 g/mol. The number of rotatable bonds is 6. The smallest absolute Gasteiger partial charge is 0.335 e. The number of aliphatic carboxylic acids is 1. The van der Waals surface area contributed by atoms with Gasteiger partial charge in [0.05, 0.1) is 43.2 Å². The van der Waals surface area contributed by atoms with E-state index in [-0.39, 0.29) is 31.5 Å². The van der Waals surface area contributed by atoms with E-state index in [1.807, 2.05) is 6.92 Å². The van der Waals surface area contributed by atoms with Gasteiger partial charge in [-0.25, -0.2) is 4.79 Å². The molecular formula is C32H44O14. The summed E-state index contributed by atoms with van der Waals surface area (Å²) in [5, 5.41) is 63.6. The lowest BCUT2D eigenvalue weighted by Gasteiger charge is -2.65. The molecule has 14 atom stereocenters. The predicted molar refractivity (Wildman–Crippen MR) is 152 cm³/mol. The van der Waals surface area contributed by atoms with Crippen LogP contribution in [0.4, 0.5) is 0 Å². The van der Waals surface area contributed by atoms with Crippen LogP contribution in [-0.4, -0.2) is 109 Å². The Balaban J connectivity index is 1.49. The monoisotopic (exact) mass is 652 g/mol. The molecule has 6 N–H and O–H groups in total. The molecule has 0 radical (unpaired) electrons. The van der Waals surface area contributed by atoms with Crippen LogP contribution in [0, 0.1) is 28.1 Å². The highest BCUT2D eigenvalue weighted by atomic mass is 16.7. The van der Waals surface area contributed by atoms with Crippen molar-refractivity contribution in [3.8, 4) is 0 Å². The van der Waals surface area contributed by atoms with E-state index in [9.17, 15) is 45.0 Å². The Labute approximate surface area is 265 Å². The molecule has 14 heteroatoms. The Hall–Kier alpha value is -2.43. The Morgan fingerprint density at radius 2 is 1.72 bits per heavy atom. The zero-order valence-corrected chi connectivity index (χ0v) is 26.5. The zero-order chi connectivity index (χ0) is 33.8. The second-order valence-corrected chi connectivity index (χ2v) is 14.9. The Morgan fingerprint density at radius 1 is 1.02 bits per heavy atom. The standard InChI is InChI=1S/C32H44O14/c1-28(2)17-10-19(35)31(5)16(30(17,4)18(34)11-20(36)45-28)6-8-29(3,32(31)25(46-32)26(40)41)24(14-7-9-42-13-14)44-27-23(39)22(38)21(37)15(12-33)43-27/h7,9,13,15-18,21-25,27,33-34,37-39H,6,8,10-12H2,1-5H3,(H,40,41). The van der Waals surface area contributed by atoms with Gasteiger partial charge in [-0.3, -0.25) is 9.59 Å². The van der Waals surface area contributed by atoms with Crippen molar-refractivity contribution in [2.24, 2.45) is 28.1 Å². The number of aliphatic hydroxyl groups is 5. The SMILES string of the molecule is CC1(C)OC(=O)CC(O)C2(C)C1CC(=O)C1(C)C2CCC(C)(C(OC2OC(CO)C(O)C(O)C2O)c2ccoc2)C12OC2C(=O)O. The Morgan fingerprint density at radius 3 is 2.30 bits per heavy atom. The van der Waals surface area contributed by atoms with Crippen LogP contribution in [0.5, 0.6) is 0 Å². The fourth-order valence-electron chi connectivity index (χ4n) is 10.1. The topological polar surface area (TPSA) is 226 Å². The molecule has 5 aliphatic rings. The van der Waals surface area contributed by atoms with Gasteiger partial charge in [0.2, 0.25) is 0 Å². The first-order valence-electron chi connectivity index (χ1n) is 15.7. The van der Waals surface area contributed by atoms with Crippen molar-refractivity contribution >= 4 is 17.7 Å². The first-order chi connectivity index (χ1) is 21.4. The molecule has 2 saturated carbocycles. The zero-order valence-electron chi connectivity index (χ0n) is 26.5. The molecule has 256 valence electrons. The lowest BCUT2D eigenvalue weighted by atomic mass is 9.37. The van der Waals surface area contributed by atoms with E-state index in [1.165, 1.54) is 12.5 Å². The van der Waals surface area contributed by atoms with Crippen LogP contribution in [0.3, 0.4) is 0 Å². The molecule has 0 bridgehead atoms. The second kappa shape index (κ2) is 10.8. The predicted octanol–water partition coefficient (Wildman–Crippen LogP) is 0.464. The number of carbonyl (C=O) groups is 3. The number of ether oxygens (including phenoxy) is 4. The van der Waals surface area contributed by atoms with Gasteiger partial charge in [0.25, 0.3) is 0 Å². The first kappa shape index (κ1) is 33.5. The normalized spacial score (nSPS) is 49.0. The third kappa shape index (κ3) is 4.27. The molecule has 3 aliphatic heterocycles. The molecule has 2 aliphatic carbocycles. The van der Waals surface area contributed by atoms with Gasteiger partial charge < -0.3 is 54.0 Å². The van der Waals surface area contributed by atoms with Gasteiger partial charge in [-0.1, -0.05) is 13.8 Å². The highest BCUT2D eigenvalue weighted by Crippen LogP contribution is 2.77. The van der Waals surface area contributed by atoms with Crippen molar-refractivity contribution in [1.82, 2.24) is 0 Å². The molecule has 4 heterocycles. The summed E-state index contributed by atoms with van der Waals surface area (Å²) in [5.74, 6) is -3.41. The molecule has 14 nitrogen and oxygen atoms in total. The van der Waals surface area contributed by atoms with Crippen LogP contribution in [-0.2, 0) is 33.3 Å². The van der Waals surface area contributed by atoms with Crippen LogP contribution in [0.25, 0.3) is 0 Å². The fourth-order valence-corrected chi connectivity index (χ4v) is 10.1. The number of aliphatic hydroxyl groups excluding tert-OH is 5. The number of ketones is 1. The summed E-state index contributed by atoms with van der Waals surface area (Å²) in [6.45, 7) is 8.01. The molecule has 0 aromatic carbocycles. The minimum atomic E-state index is -1.76. The number of esters is 1. The largest absolute Gasteiger partial charge is 0.479 e. The van der Waals surface area contributed by atoms with Crippen molar-refractivity contribution in [3.63, 3.8) is 0 Å². The van der Waals surface area contributed by atoms with E-state index in [0.29, 0.717) is 5.56 Å². The number of epoxide rings is 1. The summed E-state index contributed by atoms with van der Waals surface area (Å²) in [5.41, 5.74) is -6.32. The Bertz CT molecular complexity index is 1380. The highest BCUT2D eigenvalue weighted by Gasteiger charge is 2.86. The summed E-state index contributed by atoms with van der Waals surface area (Å²) in [6.07, 6.45) is -8.96. The van der Waals surface area contributed by atoms with E-state index in [2.05, 4.69) is 0 Å². The number of hydrogen-bond acceptors (Lipinski definition) is 13. The molecule has 3 saturated heterocycles. The third-order valence-corrected chi connectivity index (χ3v) is 12.4. The number of Topliss-reactive ketones (excluding diaryl/α,β-unsaturated/α-hetero) is 1. The number of carbonyl (C=O) groups excluding carboxylic acids is 2. The number of hydrogen-bond donors (Lipinski definition) is 6. The Kier molecular flexibility index (Phi) is 7.85. The van der Waals surface area contributed by atoms with Crippen LogP contribution < -0.4 is 0 Å². The molecule has 1 aromatic rings. The number of cyclic esters (lactones) is 1. The number of carboxylic acids is 1. The quantitative estimate of drug-likeness (QED) is 0.181. The van der Waals surface area contributed by atoms with Gasteiger partial charge in [-0.05, 0) is 45.6 Å². The van der Waals surface area contributed by atoms with Crippen molar-refractivity contribution in [2.45, 2.75) is 121 Å². The van der Waals surface area contributed by atoms with Crippen molar-refractivity contribution < 1.29 is 68.4 Å². The summed E-state index contributed by atoms with van der Waals surface area (Å²) in [6, 6.07) is 1.58. The molecule has 14 unspecified atom stereocenters. The number of fused-ring (bicyclic) bond motifs is 4. The van der Waals surface area contributed by atoms with Crippen molar-refractivity contribution in [3.05, 3.63) is 24.2 Å². The number of carboxylic acid groups (broad SMARTS) is 1. The van der Waals surface area contributed by atoms with E-state index < -0.39 is 107 Å². The minimum Gasteiger partial charge on any atom is -0.479 e. The van der Waals surface area contributed by atoms with Gasteiger partial charge in [0, 0.05) is 28.7 Å². The highest BCUT2D eigenvalue weighted by molar-refractivity contribution is 5.92. The van der Waals surface area contributed by atoms with Gasteiger partial charge >= 0.3 is 11.9 Å². The third-order valence-electron chi connectivity index (χ3n) is 12.4. The van der Waals surface area contributed by atoms with E-state index in [4.69, 9.17) is 23.4 Å². The van der Waals surface area contributed by atoms with Gasteiger partial charge in [-0.15, -0.1) is 0 Å². The number of furan rings is 1. The van der Waals surface area contributed by atoms with Gasteiger partial charge in [0.15, 0.2) is 12.4 Å². The van der Waals surface area contributed by atoms with Crippen LogP contribution in [0.1, 0.15) is 72.0 Å². The second-order valence-electron chi connectivity index (χ2n) is 14.9. The van der Waals surface area contributed by atoms with Crippen LogP contribution in [0.2, 0.25) is 0 Å². The van der Waals surface area contributed by atoms with Gasteiger partial charge in [0.1, 0.15) is 41.4 Å². The minimum absolute atomic E-state index is 0.113. The molecule has 5 fully saturated rings. The molecule has 0 amide bonds. The fraction of sp³-hybridized carbons (Fsp3) is 0.781.